The molecule has 0 fully saturated rings. The lowest BCUT2D eigenvalue weighted by Crippen LogP contribution is -2.07. The van der Waals surface area contributed by atoms with Crippen molar-refractivity contribution in [3.63, 3.8) is 0 Å². The molecule has 96 valence electrons. The Kier molecular flexibility index (Phi) is 5.86. The van der Waals surface area contributed by atoms with Crippen molar-refractivity contribution in [1.29, 1.82) is 0 Å². The van der Waals surface area contributed by atoms with Crippen molar-refractivity contribution < 1.29 is 23.4 Å². The highest BCUT2D eigenvalue weighted by Gasteiger charge is 2.15. The first-order valence-corrected chi connectivity index (χ1v) is 5.36. The van der Waals surface area contributed by atoms with Gasteiger partial charge in [-0.25, -0.2) is 0 Å². The Balaban J connectivity index is 2.67. The van der Waals surface area contributed by atoms with Gasteiger partial charge in [-0.3, -0.25) is 0 Å². The number of para-hydroxylation sites is 1. The fraction of sp³-hybridized carbons (Fsp3) is 0.500. The van der Waals surface area contributed by atoms with Crippen molar-refractivity contribution in [2.24, 2.45) is 0 Å². The molecule has 1 aromatic rings. The fourth-order valence-electron chi connectivity index (χ4n) is 1.54. The molecule has 0 saturated carbocycles. The molecule has 1 rings (SSSR count). The van der Waals surface area contributed by atoms with E-state index in [0.717, 1.165) is 0 Å². The normalized spacial score (nSPS) is 12.8. The van der Waals surface area contributed by atoms with Crippen LogP contribution in [0.4, 0.5) is 8.78 Å². The monoisotopic (exact) mass is 246 g/mol. The Morgan fingerprint density at radius 2 is 2.00 bits per heavy atom. The van der Waals surface area contributed by atoms with Gasteiger partial charge >= 0.3 is 6.61 Å². The Labute approximate surface area is 99.0 Å². The number of aliphatic hydroxyl groups is 1. The van der Waals surface area contributed by atoms with Gasteiger partial charge in [0.2, 0.25) is 0 Å². The molecule has 5 heteroatoms. The minimum atomic E-state index is -2.89. The number of methoxy groups -OCH3 is 1. The molecule has 17 heavy (non-hydrogen) atoms. The lowest BCUT2D eigenvalue weighted by molar-refractivity contribution is -0.0516. The van der Waals surface area contributed by atoms with E-state index in [4.69, 9.17) is 4.74 Å². The van der Waals surface area contributed by atoms with Gasteiger partial charge in [-0.05, 0) is 18.9 Å². The summed E-state index contributed by atoms with van der Waals surface area (Å²) in [6, 6.07) is 6.26. The average molecular weight is 246 g/mol. The smallest absolute Gasteiger partial charge is 0.387 e. The number of ether oxygens (including phenoxy) is 2. The molecule has 1 N–H and O–H groups in total. The fourth-order valence-corrected chi connectivity index (χ4v) is 1.54. The summed E-state index contributed by atoms with van der Waals surface area (Å²) >= 11 is 0. The highest BCUT2D eigenvalue weighted by molar-refractivity contribution is 5.35. The average Bonchev–Trinajstić information content (AvgIpc) is 2.29. The molecular formula is C12H16F2O3. The van der Waals surface area contributed by atoms with Crippen LogP contribution in [0.3, 0.4) is 0 Å². The highest BCUT2D eigenvalue weighted by atomic mass is 19.3. The molecule has 0 radical (unpaired) electrons. The van der Waals surface area contributed by atoms with E-state index in [9.17, 15) is 13.9 Å². The van der Waals surface area contributed by atoms with E-state index in [0.29, 0.717) is 25.0 Å². The van der Waals surface area contributed by atoms with Crippen molar-refractivity contribution >= 4 is 0 Å². The molecular weight excluding hydrogens is 230 g/mol. The number of benzene rings is 1. The van der Waals surface area contributed by atoms with Crippen LogP contribution >= 0.6 is 0 Å². The van der Waals surface area contributed by atoms with Gasteiger partial charge in [0.15, 0.2) is 0 Å². The molecule has 0 spiro atoms. The highest BCUT2D eigenvalue weighted by Crippen LogP contribution is 2.28. The van der Waals surface area contributed by atoms with Gasteiger partial charge < -0.3 is 14.6 Å². The third-order valence-electron chi connectivity index (χ3n) is 2.32. The molecule has 1 aromatic carbocycles. The molecule has 0 aliphatic rings. The maximum absolute atomic E-state index is 12.1. The van der Waals surface area contributed by atoms with Crippen molar-refractivity contribution in [1.82, 2.24) is 0 Å². The van der Waals surface area contributed by atoms with Crippen LogP contribution in [0.2, 0.25) is 0 Å². The summed E-state index contributed by atoms with van der Waals surface area (Å²) in [5.41, 5.74) is 0.379. The Morgan fingerprint density at radius 3 is 2.65 bits per heavy atom. The van der Waals surface area contributed by atoms with Crippen molar-refractivity contribution in [3.8, 4) is 5.75 Å². The molecule has 0 saturated heterocycles. The summed E-state index contributed by atoms with van der Waals surface area (Å²) < 4.78 is 33.5. The van der Waals surface area contributed by atoms with Crippen LogP contribution in [-0.2, 0) is 4.74 Å². The second kappa shape index (κ2) is 7.19. The first kappa shape index (κ1) is 13.9. The second-order valence-corrected chi connectivity index (χ2v) is 3.57. The predicted molar refractivity (Wildman–Crippen MR) is 59.1 cm³/mol. The summed E-state index contributed by atoms with van der Waals surface area (Å²) in [5, 5.41) is 9.86. The summed E-state index contributed by atoms with van der Waals surface area (Å²) in [5.74, 6) is 0.0208. The topological polar surface area (TPSA) is 38.7 Å². The van der Waals surface area contributed by atoms with E-state index in [1.807, 2.05) is 0 Å². The first-order valence-electron chi connectivity index (χ1n) is 5.36. The van der Waals surface area contributed by atoms with Crippen LogP contribution in [0, 0.1) is 0 Å². The third kappa shape index (κ3) is 4.66. The number of rotatable bonds is 7. The minimum Gasteiger partial charge on any atom is -0.434 e. The quantitative estimate of drug-likeness (QED) is 0.752. The summed E-state index contributed by atoms with van der Waals surface area (Å²) in [4.78, 5) is 0. The SMILES string of the molecule is COCCCC(O)c1ccccc1OC(F)F. The van der Waals surface area contributed by atoms with Gasteiger partial charge in [-0.1, -0.05) is 18.2 Å². The van der Waals surface area contributed by atoms with Crippen molar-refractivity contribution in [2.75, 3.05) is 13.7 Å². The lowest BCUT2D eigenvalue weighted by atomic mass is 10.0. The van der Waals surface area contributed by atoms with E-state index >= 15 is 0 Å². The van der Waals surface area contributed by atoms with Crippen LogP contribution in [-0.4, -0.2) is 25.4 Å². The molecule has 0 bridgehead atoms. The van der Waals surface area contributed by atoms with Crippen LogP contribution in [0.25, 0.3) is 0 Å². The molecule has 0 heterocycles. The van der Waals surface area contributed by atoms with E-state index in [-0.39, 0.29) is 5.75 Å². The van der Waals surface area contributed by atoms with E-state index in [1.54, 1.807) is 25.3 Å². The first-order chi connectivity index (χ1) is 8.15. The molecule has 3 nitrogen and oxygen atoms in total. The standard InChI is InChI=1S/C12H16F2O3/c1-16-8-4-6-10(15)9-5-2-3-7-11(9)17-12(13)14/h2-3,5,7,10,12,15H,4,6,8H2,1H3. The van der Waals surface area contributed by atoms with Gasteiger partial charge in [0.25, 0.3) is 0 Å². The number of hydrogen-bond acceptors (Lipinski definition) is 3. The molecule has 1 atom stereocenters. The van der Waals surface area contributed by atoms with Gasteiger partial charge in [0.05, 0.1) is 6.10 Å². The van der Waals surface area contributed by atoms with Gasteiger partial charge in [-0.15, -0.1) is 0 Å². The zero-order valence-electron chi connectivity index (χ0n) is 9.61. The summed E-state index contributed by atoms with van der Waals surface area (Å²) in [6.45, 7) is -2.36. The zero-order valence-corrected chi connectivity index (χ0v) is 9.61. The second-order valence-electron chi connectivity index (χ2n) is 3.57. The molecule has 0 aliphatic carbocycles. The van der Waals surface area contributed by atoms with Gasteiger partial charge in [-0.2, -0.15) is 8.78 Å². The maximum Gasteiger partial charge on any atom is 0.387 e. The Bertz CT molecular complexity index is 331. The lowest BCUT2D eigenvalue weighted by Gasteiger charge is -2.15. The van der Waals surface area contributed by atoms with Crippen LogP contribution < -0.4 is 4.74 Å². The van der Waals surface area contributed by atoms with Crippen LogP contribution in [0.1, 0.15) is 24.5 Å². The number of halogens is 2. The van der Waals surface area contributed by atoms with Gasteiger partial charge in [0.1, 0.15) is 5.75 Å². The number of hydrogen-bond donors (Lipinski definition) is 1. The molecule has 0 amide bonds. The number of aliphatic hydroxyl groups excluding tert-OH is 1. The maximum atomic E-state index is 12.1. The Morgan fingerprint density at radius 1 is 1.29 bits per heavy atom. The molecule has 0 aromatic heterocycles. The van der Waals surface area contributed by atoms with Gasteiger partial charge in [0, 0.05) is 19.3 Å². The van der Waals surface area contributed by atoms with Crippen molar-refractivity contribution in [2.45, 2.75) is 25.6 Å². The van der Waals surface area contributed by atoms with E-state index in [1.165, 1.54) is 6.07 Å². The minimum absolute atomic E-state index is 0.0208. The summed E-state index contributed by atoms with van der Waals surface area (Å²) in [6.07, 6.45) is 0.276. The van der Waals surface area contributed by atoms with Crippen LogP contribution in [0.15, 0.2) is 24.3 Å². The van der Waals surface area contributed by atoms with Crippen LogP contribution in [0.5, 0.6) is 5.75 Å². The third-order valence-corrected chi connectivity index (χ3v) is 2.32. The molecule has 1 unspecified atom stereocenters. The predicted octanol–water partition coefficient (Wildman–Crippen LogP) is 2.75. The summed E-state index contributed by atoms with van der Waals surface area (Å²) in [7, 11) is 1.57. The zero-order chi connectivity index (χ0) is 12.7. The van der Waals surface area contributed by atoms with Crippen molar-refractivity contribution in [3.05, 3.63) is 29.8 Å². The van der Waals surface area contributed by atoms with E-state index in [2.05, 4.69) is 4.74 Å². The molecule has 0 aliphatic heterocycles. The Hall–Kier alpha value is -1.20. The largest absolute Gasteiger partial charge is 0.434 e. The number of alkyl halides is 2. The van der Waals surface area contributed by atoms with E-state index < -0.39 is 12.7 Å².